The molecule has 2 fully saturated rings. The molecule has 0 aliphatic heterocycles. The largest absolute Gasteiger partial charge is 0.0995 e. The second-order valence-corrected chi connectivity index (χ2v) is 7.61. The van der Waals surface area contributed by atoms with Gasteiger partial charge in [0.15, 0.2) is 0 Å². The van der Waals surface area contributed by atoms with Crippen LogP contribution in [0.15, 0.2) is 34.9 Å². The van der Waals surface area contributed by atoms with Gasteiger partial charge in [0.2, 0.25) is 0 Å². The normalized spacial score (nSPS) is 42.5. The van der Waals surface area contributed by atoms with Crippen molar-refractivity contribution in [2.45, 2.75) is 64.7 Å². The second-order valence-electron chi connectivity index (χ2n) is 7.61. The van der Waals surface area contributed by atoms with Crippen LogP contribution in [-0.4, -0.2) is 0 Å². The van der Waals surface area contributed by atoms with E-state index in [0.29, 0.717) is 0 Å². The summed E-state index contributed by atoms with van der Waals surface area (Å²) in [5.74, 6) is 3.97. The third kappa shape index (κ3) is 1.87. The average molecular weight is 268 g/mol. The van der Waals surface area contributed by atoms with Crippen molar-refractivity contribution in [3.8, 4) is 0 Å². The van der Waals surface area contributed by atoms with Crippen LogP contribution in [-0.2, 0) is 0 Å². The SMILES string of the molecule is C=C1CCC2=C(CCC3C2CCC2/C(=C\C)CCC23)C1. The standard InChI is InChI=1S/C20H28/c1-3-14-5-8-18-16(14)10-11-19-17-7-4-13(2)12-15(17)6-9-20(18)19/h3,16,18-20H,2,4-12H2,1H3/b14-3-. The molecule has 108 valence electrons. The van der Waals surface area contributed by atoms with Gasteiger partial charge in [0.25, 0.3) is 0 Å². The van der Waals surface area contributed by atoms with Gasteiger partial charge in [-0.15, -0.1) is 0 Å². The molecule has 0 heteroatoms. The molecule has 4 aliphatic carbocycles. The maximum absolute atomic E-state index is 4.24. The van der Waals surface area contributed by atoms with E-state index in [1.54, 1.807) is 5.57 Å². The molecule has 20 heavy (non-hydrogen) atoms. The van der Waals surface area contributed by atoms with E-state index in [1.165, 1.54) is 63.4 Å². The van der Waals surface area contributed by atoms with Gasteiger partial charge in [0.1, 0.15) is 0 Å². The molecule has 0 aromatic heterocycles. The molecule has 4 unspecified atom stereocenters. The monoisotopic (exact) mass is 268 g/mol. The molecule has 0 aromatic rings. The molecule has 4 atom stereocenters. The van der Waals surface area contributed by atoms with Gasteiger partial charge in [-0.25, -0.2) is 0 Å². The van der Waals surface area contributed by atoms with E-state index in [4.69, 9.17) is 0 Å². The first-order valence-electron chi connectivity index (χ1n) is 8.80. The smallest absolute Gasteiger partial charge is 0.0108 e. The fourth-order valence-corrected chi connectivity index (χ4v) is 6.01. The Kier molecular flexibility index (Phi) is 3.16. The van der Waals surface area contributed by atoms with Crippen molar-refractivity contribution in [1.82, 2.24) is 0 Å². The lowest BCUT2D eigenvalue weighted by Gasteiger charge is -2.46. The average Bonchev–Trinajstić information content (AvgIpc) is 2.89. The van der Waals surface area contributed by atoms with Gasteiger partial charge in [0.05, 0.1) is 0 Å². The zero-order chi connectivity index (χ0) is 13.7. The summed E-state index contributed by atoms with van der Waals surface area (Å²) < 4.78 is 0. The predicted octanol–water partition coefficient (Wildman–Crippen LogP) is 5.82. The Bertz CT molecular complexity index is 490. The molecule has 0 nitrogen and oxygen atoms in total. The molecule has 0 spiro atoms. The van der Waals surface area contributed by atoms with Crippen molar-refractivity contribution >= 4 is 0 Å². The van der Waals surface area contributed by atoms with Crippen molar-refractivity contribution in [3.63, 3.8) is 0 Å². The van der Waals surface area contributed by atoms with Crippen LogP contribution in [0, 0.1) is 23.7 Å². The lowest BCUT2D eigenvalue weighted by atomic mass is 9.58. The summed E-state index contributed by atoms with van der Waals surface area (Å²) in [5, 5.41) is 0. The lowest BCUT2D eigenvalue weighted by molar-refractivity contribution is 0.122. The zero-order valence-electron chi connectivity index (χ0n) is 13.0. The summed E-state index contributed by atoms with van der Waals surface area (Å²) in [6, 6.07) is 0. The summed E-state index contributed by atoms with van der Waals surface area (Å²) in [5.41, 5.74) is 7.00. The summed E-state index contributed by atoms with van der Waals surface area (Å²) in [7, 11) is 0. The predicted molar refractivity (Wildman–Crippen MR) is 85.4 cm³/mol. The highest BCUT2D eigenvalue weighted by Gasteiger charge is 2.46. The van der Waals surface area contributed by atoms with Crippen molar-refractivity contribution in [2.75, 3.05) is 0 Å². The number of hydrogen-bond donors (Lipinski definition) is 0. The molecule has 0 heterocycles. The fraction of sp³-hybridized carbons (Fsp3) is 0.700. The summed E-state index contributed by atoms with van der Waals surface area (Å²) >= 11 is 0. The van der Waals surface area contributed by atoms with Gasteiger partial charge in [-0.2, -0.15) is 0 Å². The van der Waals surface area contributed by atoms with Crippen LogP contribution in [0.2, 0.25) is 0 Å². The van der Waals surface area contributed by atoms with Gasteiger partial charge in [0, 0.05) is 0 Å². The van der Waals surface area contributed by atoms with Crippen LogP contribution in [0.4, 0.5) is 0 Å². The van der Waals surface area contributed by atoms with Gasteiger partial charge in [-0.05, 0) is 88.4 Å². The first-order valence-corrected chi connectivity index (χ1v) is 8.80. The van der Waals surface area contributed by atoms with Gasteiger partial charge in [-0.3, -0.25) is 0 Å². The molecule has 0 amide bonds. The quantitative estimate of drug-likeness (QED) is 0.486. The Morgan fingerprint density at radius 3 is 2.50 bits per heavy atom. The molecule has 0 bridgehead atoms. The van der Waals surface area contributed by atoms with Crippen LogP contribution in [0.25, 0.3) is 0 Å². The van der Waals surface area contributed by atoms with E-state index in [2.05, 4.69) is 19.6 Å². The highest BCUT2D eigenvalue weighted by Crippen LogP contribution is 2.57. The molecule has 0 aromatic carbocycles. The van der Waals surface area contributed by atoms with Crippen molar-refractivity contribution in [3.05, 3.63) is 34.9 Å². The van der Waals surface area contributed by atoms with Crippen molar-refractivity contribution in [2.24, 2.45) is 23.7 Å². The van der Waals surface area contributed by atoms with Crippen LogP contribution in [0.5, 0.6) is 0 Å². The van der Waals surface area contributed by atoms with E-state index in [9.17, 15) is 0 Å². The Hall–Kier alpha value is -0.780. The molecular formula is C20H28. The highest BCUT2D eigenvalue weighted by atomic mass is 14.5. The number of hydrogen-bond acceptors (Lipinski definition) is 0. The maximum atomic E-state index is 4.24. The lowest BCUT2D eigenvalue weighted by Crippen LogP contribution is -2.36. The second kappa shape index (κ2) is 4.90. The number of rotatable bonds is 0. The van der Waals surface area contributed by atoms with E-state index in [0.717, 1.165) is 23.7 Å². The maximum Gasteiger partial charge on any atom is -0.0108 e. The van der Waals surface area contributed by atoms with Crippen LogP contribution < -0.4 is 0 Å². The third-order valence-corrected chi connectivity index (χ3v) is 6.88. The van der Waals surface area contributed by atoms with E-state index in [-0.39, 0.29) is 0 Å². The fourth-order valence-electron chi connectivity index (χ4n) is 6.01. The zero-order valence-corrected chi connectivity index (χ0v) is 13.0. The van der Waals surface area contributed by atoms with Crippen LogP contribution >= 0.6 is 0 Å². The Balaban J connectivity index is 1.62. The molecule has 0 saturated heterocycles. The molecular weight excluding hydrogens is 240 g/mol. The first-order chi connectivity index (χ1) is 9.78. The van der Waals surface area contributed by atoms with Crippen molar-refractivity contribution < 1.29 is 0 Å². The van der Waals surface area contributed by atoms with Crippen molar-refractivity contribution in [1.29, 1.82) is 0 Å². The van der Waals surface area contributed by atoms with Crippen LogP contribution in [0.3, 0.4) is 0 Å². The van der Waals surface area contributed by atoms with Gasteiger partial charge in [-0.1, -0.05) is 34.9 Å². The molecule has 2 saturated carbocycles. The van der Waals surface area contributed by atoms with E-state index in [1.807, 2.05) is 11.1 Å². The summed E-state index contributed by atoms with van der Waals surface area (Å²) in [6.45, 7) is 6.50. The van der Waals surface area contributed by atoms with Crippen LogP contribution in [0.1, 0.15) is 64.7 Å². The van der Waals surface area contributed by atoms with Gasteiger partial charge < -0.3 is 0 Å². The highest BCUT2D eigenvalue weighted by molar-refractivity contribution is 5.32. The minimum Gasteiger partial charge on any atom is -0.0995 e. The molecule has 0 radical (unpaired) electrons. The molecule has 4 aliphatic rings. The minimum atomic E-state index is 0.960. The third-order valence-electron chi connectivity index (χ3n) is 6.88. The first kappa shape index (κ1) is 12.9. The number of fused-ring (bicyclic) bond motifs is 4. The Labute approximate surface area is 124 Å². The Morgan fingerprint density at radius 1 is 0.900 bits per heavy atom. The van der Waals surface area contributed by atoms with E-state index >= 15 is 0 Å². The topological polar surface area (TPSA) is 0 Å². The van der Waals surface area contributed by atoms with E-state index < -0.39 is 0 Å². The number of allylic oxidation sites excluding steroid dienone is 5. The van der Waals surface area contributed by atoms with Gasteiger partial charge >= 0.3 is 0 Å². The summed E-state index contributed by atoms with van der Waals surface area (Å²) in [4.78, 5) is 0. The Morgan fingerprint density at radius 2 is 1.65 bits per heavy atom. The minimum absolute atomic E-state index is 0.960. The molecule has 0 N–H and O–H groups in total. The molecule has 4 rings (SSSR count). The summed E-state index contributed by atoms with van der Waals surface area (Å²) in [6.07, 6.45) is 15.0.